The van der Waals surface area contributed by atoms with Crippen molar-refractivity contribution in [3.8, 4) is 5.75 Å². The Kier molecular flexibility index (Phi) is 2.82. The minimum atomic E-state index is 0.261. The van der Waals surface area contributed by atoms with Gasteiger partial charge in [-0.1, -0.05) is 6.07 Å². The quantitative estimate of drug-likeness (QED) is 0.800. The topological polar surface area (TPSA) is 24.5 Å². The zero-order valence-corrected chi connectivity index (χ0v) is 9.58. The van der Waals surface area contributed by atoms with Gasteiger partial charge in [-0.05, 0) is 38.7 Å². The van der Waals surface area contributed by atoms with Crippen LogP contribution in [-0.4, -0.2) is 31.6 Å². The van der Waals surface area contributed by atoms with Gasteiger partial charge in [-0.3, -0.25) is 0 Å². The molecule has 1 N–H and O–H groups in total. The van der Waals surface area contributed by atoms with Crippen LogP contribution in [-0.2, 0) is 6.54 Å². The molecule has 2 rings (SSSR count). The number of benzene rings is 1. The molecule has 0 spiro atoms. The summed E-state index contributed by atoms with van der Waals surface area (Å²) >= 11 is 0. The molecule has 0 saturated carbocycles. The molecule has 0 aliphatic carbocycles. The third-order valence-corrected chi connectivity index (χ3v) is 2.45. The molecular formula is C12H18N2O. The highest BCUT2D eigenvalue weighted by molar-refractivity contribution is 5.59. The Morgan fingerprint density at radius 3 is 3.00 bits per heavy atom. The maximum atomic E-state index is 5.72. The summed E-state index contributed by atoms with van der Waals surface area (Å²) in [5.41, 5.74) is 2.43. The van der Waals surface area contributed by atoms with E-state index in [0.717, 1.165) is 24.5 Å². The first-order chi connectivity index (χ1) is 7.15. The molecule has 0 saturated heterocycles. The minimum absolute atomic E-state index is 0.261. The van der Waals surface area contributed by atoms with E-state index >= 15 is 0 Å². The lowest BCUT2D eigenvalue weighted by atomic mass is 10.1. The third kappa shape index (κ3) is 2.42. The Morgan fingerprint density at radius 1 is 1.47 bits per heavy atom. The average molecular weight is 206 g/mol. The third-order valence-electron chi connectivity index (χ3n) is 2.45. The monoisotopic (exact) mass is 206 g/mol. The van der Waals surface area contributed by atoms with Crippen LogP contribution < -0.4 is 10.1 Å². The van der Waals surface area contributed by atoms with Crippen molar-refractivity contribution in [2.45, 2.75) is 19.6 Å². The fourth-order valence-corrected chi connectivity index (χ4v) is 1.79. The largest absolute Gasteiger partial charge is 0.487 e. The Labute approximate surface area is 91.0 Å². The van der Waals surface area contributed by atoms with E-state index in [1.54, 1.807) is 0 Å². The standard InChI is InChI=1S/C12H18N2O/c1-9-7-13-11-6-10(8-14(2)3)4-5-12(11)15-9/h4-6,9,13H,7-8H2,1-3H3. The highest BCUT2D eigenvalue weighted by Gasteiger charge is 2.15. The zero-order chi connectivity index (χ0) is 10.8. The Balaban J connectivity index is 2.19. The van der Waals surface area contributed by atoms with Crippen LogP contribution in [0.5, 0.6) is 5.75 Å². The molecule has 3 nitrogen and oxygen atoms in total. The molecule has 15 heavy (non-hydrogen) atoms. The molecule has 1 aliphatic rings. The molecule has 0 bridgehead atoms. The molecule has 1 atom stereocenters. The van der Waals surface area contributed by atoms with Crippen LogP contribution in [0.15, 0.2) is 18.2 Å². The summed E-state index contributed by atoms with van der Waals surface area (Å²) in [6.07, 6.45) is 0.261. The lowest BCUT2D eigenvalue weighted by Gasteiger charge is -2.25. The van der Waals surface area contributed by atoms with E-state index in [1.165, 1.54) is 5.56 Å². The second-order valence-corrected chi connectivity index (χ2v) is 4.38. The van der Waals surface area contributed by atoms with Gasteiger partial charge in [-0.25, -0.2) is 0 Å². The molecule has 1 unspecified atom stereocenters. The van der Waals surface area contributed by atoms with Gasteiger partial charge in [0.05, 0.1) is 12.2 Å². The van der Waals surface area contributed by atoms with Gasteiger partial charge in [0.2, 0.25) is 0 Å². The van der Waals surface area contributed by atoms with Gasteiger partial charge in [-0.15, -0.1) is 0 Å². The molecule has 0 fully saturated rings. The van der Waals surface area contributed by atoms with Crippen molar-refractivity contribution >= 4 is 5.69 Å². The molecule has 1 heterocycles. The number of anilines is 1. The summed E-state index contributed by atoms with van der Waals surface area (Å²) in [5.74, 6) is 0.969. The molecule has 1 aromatic rings. The number of nitrogens with one attached hydrogen (secondary N) is 1. The van der Waals surface area contributed by atoms with Crippen LogP contribution in [0.3, 0.4) is 0 Å². The summed E-state index contributed by atoms with van der Waals surface area (Å²) in [6, 6.07) is 6.34. The van der Waals surface area contributed by atoms with Crippen LogP contribution in [0.4, 0.5) is 5.69 Å². The highest BCUT2D eigenvalue weighted by atomic mass is 16.5. The summed E-state index contributed by atoms with van der Waals surface area (Å²) in [5, 5.41) is 3.38. The normalized spacial score (nSPS) is 19.3. The summed E-state index contributed by atoms with van der Waals surface area (Å²) in [4.78, 5) is 2.16. The molecular weight excluding hydrogens is 188 g/mol. The summed E-state index contributed by atoms with van der Waals surface area (Å²) < 4.78 is 5.72. The number of ether oxygens (including phenoxy) is 1. The fraction of sp³-hybridized carbons (Fsp3) is 0.500. The Bertz CT molecular complexity index is 349. The van der Waals surface area contributed by atoms with E-state index in [1.807, 2.05) is 0 Å². The van der Waals surface area contributed by atoms with Crippen molar-refractivity contribution in [1.29, 1.82) is 0 Å². The zero-order valence-electron chi connectivity index (χ0n) is 9.58. The fourth-order valence-electron chi connectivity index (χ4n) is 1.79. The van der Waals surface area contributed by atoms with Crippen molar-refractivity contribution in [3.05, 3.63) is 23.8 Å². The first-order valence-corrected chi connectivity index (χ1v) is 5.33. The van der Waals surface area contributed by atoms with Crippen molar-refractivity contribution in [1.82, 2.24) is 4.90 Å². The average Bonchev–Trinajstić information content (AvgIpc) is 2.17. The molecule has 1 aromatic carbocycles. The van der Waals surface area contributed by atoms with E-state index in [4.69, 9.17) is 4.74 Å². The van der Waals surface area contributed by atoms with Crippen molar-refractivity contribution in [2.75, 3.05) is 26.0 Å². The van der Waals surface area contributed by atoms with E-state index in [2.05, 4.69) is 49.4 Å². The number of hydrogen-bond donors (Lipinski definition) is 1. The summed E-state index contributed by atoms with van der Waals surface area (Å²) in [7, 11) is 4.15. The first kappa shape index (κ1) is 10.3. The van der Waals surface area contributed by atoms with E-state index in [9.17, 15) is 0 Å². The van der Waals surface area contributed by atoms with Gasteiger partial charge < -0.3 is 15.0 Å². The van der Waals surface area contributed by atoms with Gasteiger partial charge >= 0.3 is 0 Å². The van der Waals surface area contributed by atoms with Crippen molar-refractivity contribution in [3.63, 3.8) is 0 Å². The lowest BCUT2D eigenvalue weighted by Crippen LogP contribution is -2.27. The summed E-state index contributed by atoms with van der Waals surface area (Å²) in [6.45, 7) is 3.92. The highest BCUT2D eigenvalue weighted by Crippen LogP contribution is 2.29. The van der Waals surface area contributed by atoms with Crippen LogP contribution in [0.2, 0.25) is 0 Å². The van der Waals surface area contributed by atoms with Crippen LogP contribution in [0.25, 0.3) is 0 Å². The van der Waals surface area contributed by atoms with Crippen LogP contribution >= 0.6 is 0 Å². The van der Waals surface area contributed by atoms with E-state index in [-0.39, 0.29) is 6.10 Å². The number of nitrogens with zero attached hydrogens (tertiary/aromatic N) is 1. The molecule has 0 amide bonds. The van der Waals surface area contributed by atoms with Gasteiger partial charge in [-0.2, -0.15) is 0 Å². The lowest BCUT2D eigenvalue weighted by molar-refractivity contribution is 0.226. The molecule has 3 heteroatoms. The predicted molar refractivity (Wildman–Crippen MR) is 62.4 cm³/mol. The maximum absolute atomic E-state index is 5.72. The van der Waals surface area contributed by atoms with Gasteiger partial charge in [0.25, 0.3) is 0 Å². The predicted octanol–water partition coefficient (Wildman–Crippen LogP) is 1.94. The number of fused-ring (bicyclic) bond motifs is 1. The maximum Gasteiger partial charge on any atom is 0.142 e. The molecule has 82 valence electrons. The van der Waals surface area contributed by atoms with Crippen LogP contribution in [0, 0.1) is 0 Å². The van der Waals surface area contributed by atoms with Crippen molar-refractivity contribution in [2.24, 2.45) is 0 Å². The Hall–Kier alpha value is -1.22. The second-order valence-electron chi connectivity index (χ2n) is 4.38. The molecule has 0 radical (unpaired) electrons. The van der Waals surface area contributed by atoms with E-state index in [0.29, 0.717) is 0 Å². The Morgan fingerprint density at radius 2 is 2.27 bits per heavy atom. The first-order valence-electron chi connectivity index (χ1n) is 5.33. The molecule has 1 aliphatic heterocycles. The SMILES string of the molecule is CC1CNc2cc(CN(C)C)ccc2O1. The van der Waals surface area contributed by atoms with Gasteiger partial charge in [0, 0.05) is 6.54 Å². The van der Waals surface area contributed by atoms with Gasteiger partial charge in [0.1, 0.15) is 11.9 Å². The number of hydrogen-bond acceptors (Lipinski definition) is 3. The number of rotatable bonds is 2. The minimum Gasteiger partial charge on any atom is -0.487 e. The smallest absolute Gasteiger partial charge is 0.142 e. The second kappa shape index (κ2) is 4.11. The van der Waals surface area contributed by atoms with Crippen molar-refractivity contribution < 1.29 is 4.74 Å². The van der Waals surface area contributed by atoms with Crippen LogP contribution in [0.1, 0.15) is 12.5 Å². The molecule has 0 aromatic heterocycles. The van der Waals surface area contributed by atoms with E-state index < -0.39 is 0 Å². The van der Waals surface area contributed by atoms with Gasteiger partial charge in [0.15, 0.2) is 0 Å².